The van der Waals surface area contributed by atoms with E-state index >= 15 is 0 Å². The predicted molar refractivity (Wildman–Crippen MR) is 68.0 cm³/mol. The molecule has 0 atom stereocenters. The van der Waals surface area contributed by atoms with Gasteiger partial charge in [-0.25, -0.2) is 4.98 Å². The van der Waals surface area contributed by atoms with Crippen LogP contribution in [-0.2, 0) is 6.54 Å². The highest BCUT2D eigenvalue weighted by atomic mass is 32.2. The highest BCUT2D eigenvalue weighted by Gasteiger charge is 2.08. The van der Waals surface area contributed by atoms with Gasteiger partial charge in [0.1, 0.15) is 0 Å². The number of fused-ring (bicyclic) bond motifs is 1. The van der Waals surface area contributed by atoms with Crippen molar-refractivity contribution in [1.82, 2.24) is 9.55 Å². The maximum Gasteiger partial charge on any atom is 0.262 e. The first-order valence-corrected chi connectivity index (χ1v) is 6.15. The van der Waals surface area contributed by atoms with Crippen molar-refractivity contribution in [2.45, 2.75) is 11.7 Å². The van der Waals surface area contributed by atoms with Crippen molar-refractivity contribution in [2.24, 2.45) is 0 Å². The number of allylic oxidation sites excluding steroid dienone is 1. The van der Waals surface area contributed by atoms with Crippen LogP contribution >= 0.6 is 11.8 Å². The van der Waals surface area contributed by atoms with E-state index in [1.54, 1.807) is 16.7 Å². The maximum atomic E-state index is 12.2. The van der Waals surface area contributed by atoms with Crippen molar-refractivity contribution in [3.63, 3.8) is 0 Å². The van der Waals surface area contributed by atoms with Gasteiger partial charge in [-0.1, -0.05) is 30.0 Å². The Bertz CT molecular complexity index is 589. The van der Waals surface area contributed by atoms with E-state index in [0.29, 0.717) is 11.9 Å². The van der Waals surface area contributed by atoms with E-state index < -0.39 is 0 Å². The van der Waals surface area contributed by atoms with E-state index in [9.17, 15) is 4.79 Å². The third-order valence-corrected chi connectivity index (χ3v) is 3.00. The minimum atomic E-state index is -0.00477. The van der Waals surface area contributed by atoms with Gasteiger partial charge < -0.3 is 0 Å². The van der Waals surface area contributed by atoms with Crippen molar-refractivity contribution < 1.29 is 0 Å². The lowest BCUT2D eigenvalue weighted by atomic mass is 10.2. The smallest absolute Gasteiger partial charge is 0.262 e. The minimum absolute atomic E-state index is 0.00477. The van der Waals surface area contributed by atoms with Crippen molar-refractivity contribution in [2.75, 3.05) is 6.26 Å². The highest BCUT2D eigenvalue weighted by Crippen LogP contribution is 2.14. The molecule has 82 valence electrons. The lowest BCUT2D eigenvalue weighted by molar-refractivity contribution is 0.672. The molecule has 2 aromatic rings. The Morgan fingerprint density at radius 3 is 2.94 bits per heavy atom. The number of aromatic nitrogens is 2. The van der Waals surface area contributed by atoms with E-state index in [1.807, 2.05) is 24.5 Å². The summed E-state index contributed by atoms with van der Waals surface area (Å²) in [7, 11) is 0. The van der Waals surface area contributed by atoms with Gasteiger partial charge in [-0.15, -0.1) is 6.58 Å². The van der Waals surface area contributed by atoms with Gasteiger partial charge in [-0.3, -0.25) is 9.36 Å². The van der Waals surface area contributed by atoms with Crippen LogP contribution in [0, 0.1) is 0 Å². The van der Waals surface area contributed by atoms with Gasteiger partial charge >= 0.3 is 0 Å². The van der Waals surface area contributed by atoms with E-state index in [2.05, 4.69) is 11.6 Å². The molecule has 0 aliphatic heterocycles. The molecule has 0 amide bonds. The summed E-state index contributed by atoms with van der Waals surface area (Å²) in [5.41, 5.74) is 0.743. The molecule has 0 N–H and O–H groups in total. The van der Waals surface area contributed by atoms with Crippen molar-refractivity contribution >= 4 is 22.7 Å². The molecule has 0 aliphatic carbocycles. The van der Waals surface area contributed by atoms with Crippen molar-refractivity contribution in [1.29, 1.82) is 0 Å². The normalized spacial score (nSPS) is 10.6. The molecule has 0 bridgehead atoms. The van der Waals surface area contributed by atoms with Crippen LogP contribution in [0.5, 0.6) is 0 Å². The summed E-state index contributed by atoms with van der Waals surface area (Å²) in [5.74, 6) is 0. The fraction of sp³-hybridized carbons (Fsp3) is 0.167. The van der Waals surface area contributed by atoms with Crippen LogP contribution in [0.1, 0.15) is 0 Å². The van der Waals surface area contributed by atoms with Crippen molar-refractivity contribution in [3.8, 4) is 0 Å². The average Bonchev–Trinajstić information content (AvgIpc) is 2.33. The Hall–Kier alpha value is -1.55. The molecule has 0 fully saturated rings. The molecule has 0 saturated heterocycles. The summed E-state index contributed by atoms with van der Waals surface area (Å²) >= 11 is 1.47. The monoisotopic (exact) mass is 232 g/mol. The summed E-state index contributed by atoms with van der Waals surface area (Å²) in [4.78, 5) is 16.6. The fourth-order valence-corrected chi connectivity index (χ4v) is 2.16. The van der Waals surface area contributed by atoms with Crippen LogP contribution in [-0.4, -0.2) is 15.8 Å². The molecule has 0 saturated carbocycles. The molecule has 0 radical (unpaired) electrons. The van der Waals surface area contributed by atoms with E-state index in [1.165, 1.54) is 11.8 Å². The lowest BCUT2D eigenvalue weighted by Gasteiger charge is -2.09. The van der Waals surface area contributed by atoms with Crippen LogP contribution < -0.4 is 5.56 Å². The standard InChI is InChI=1S/C12H12N2OS/c1-3-8-14-11(15)9-6-4-5-7-10(9)13-12(14)16-2/h3-7H,1,8H2,2H3. The van der Waals surface area contributed by atoms with E-state index in [4.69, 9.17) is 0 Å². The number of para-hydroxylation sites is 1. The molecule has 1 aromatic carbocycles. The Kier molecular flexibility index (Phi) is 3.10. The predicted octanol–water partition coefficient (Wildman–Crippen LogP) is 2.30. The second-order valence-corrected chi connectivity index (χ2v) is 4.09. The second-order valence-electron chi connectivity index (χ2n) is 3.32. The molecular weight excluding hydrogens is 220 g/mol. The third-order valence-electron chi connectivity index (χ3n) is 2.32. The molecular formula is C12H12N2OS. The lowest BCUT2D eigenvalue weighted by Crippen LogP contribution is -2.22. The molecule has 16 heavy (non-hydrogen) atoms. The number of thioether (sulfide) groups is 1. The van der Waals surface area contributed by atoms with Crippen molar-refractivity contribution in [3.05, 3.63) is 47.3 Å². The van der Waals surface area contributed by atoms with Gasteiger partial charge in [-0.2, -0.15) is 0 Å². The topological polar surface area (TPSA) is 34.9 Å². The van der Waals surface area contributed by atoms with E-state index in [-0.39, 0.29) is 5.56 Å². The second kappa shape index (κ2) is 4.53. The first kappa shape index (κ1) is 11.0. The molecule has 0 aliphatic rings. The van der Waals surface area contributed by atoms with Crippen LogP contribution in [0.15, 0.2) is 46.9 Å². The zero-order chi connectivity index (χ0) is 11.5. The summed E-state index contributed by atoms with van der Waals surface area (Å²) in [6.45, 7) is 4.15. The summed E-state index contributed by atoms with van der Waals surface area (Å²) in [6, 6.07) is 7.39. The molecule has 1 aromatic heterocycles. The number of rotatable bonds is 3. The Morgan fingerprint density at radius 2 is 2.25 bits per heavy atom. The molecule has 1 heterocycles. The zero-order valence-electron chi connectivity index (χ0n) is 9.01. The molecule has 3 nitrogen and oxygen atoms in total. The highest BCUT2D eigenvalue weighted by molar-refractivity contribution is 7.98. The third kappa shape index (κ3) is 1.76. The Morgan fingerprint density at radius 1 is 1.50 bits per heavy atom. The van der Waals surface area contributed by atoms with Gasteiger partial charge in [0.2, 0.25) is 0 Å². The largest absolute Gasteiger partial charge is 0.283 e. The van der Waals surface area contributed by atoms with Crippen LogP contribution in [0.4, 0.5) is 0 Å². The molecule has 2 rings (SSSR count). The van der Waals surface area contributed by atoms with Gasteiger partial charge in [0.15, 0.2) is 5.16 Å². The average molecular weight is 232 g/mol. The first-order valence-electron chi connectivity index (χ1n) is 4.92. The zero-order valence-corrected chi connectivity index (χ0v) is 9.83. The number of hydrogen-bond acceptors (Lipinski definition) is 3. The summed E-state index contributed by atoms with van der Waals surface area (Å²) in [6.07, 6.45) is 3.62. The number of nitrogens with zero attached hydrogens (tertiary/aromatic N) is 2. The minimum Gasteiger partial charge on any atom is -0.283 e. The van der Waals surface area contributed by atoms with Gasteiger partial charge in [0, 0.05) is 6.54 Å². The van der Waals surface area contributed by atoms with Gasteiger partial charge in [0.05, 0.1) is 10.9 Å². The van der Waals surface area contributed by atoms with Gasteiger partial charge in [-0.05, 0) is 18.4 Å². The Balaban J connectivity index is 2.82. The Labute approximate surface area is 97.8 Å². The van der Waals surface area contributed by atoms with Crippen LogP contribution in [0.2, 0.25) is 0 Å². The summed E-state index contributed by atoms with van der Waals surface area (Å²) < 4.78 is 1.64. The first-order chi connectivity index (χ1) is 7.77. The quantitative estimate of drug-likeness (QED) is 0.463. The molecule has 4 heteroatoms. The van der Waals surface area contributed by atoms with Crippen LogP contribution in [0.3, 0.4) is 0 Å². The molecule has 0 spiro atoms. The summed E-state index contributed by atoms with van der Waals surface area (Å²) in [5, 5.41) is 1.38. The maximum absolute atomic E-state index is 12.2. The number of hydrogen-bond donors (Lipinski definition) is 0. The fourth-order valence-electron chi connectivity index (χ4n) is 1.59. The number of benzene rings is 1. The molecule has 0 unspecified atom stereocenters. The SMILES string of the molecule is C=CCn1c(SC)nc2ccccc2c1=O. The van der Waals surface area contributed by atoms with E-state index in [0.717, 1.165) is 10.7 Å². The van der Waals surface area contributed by atoms with Crippen LogP contribution in [0.25, 0.3) is 10.9 Å². The van der Waals surface area contributed by atoms with Gasteiger partial charge in [0.25, 0.3) is 5.56 Å².